The number of nitrogens with one attached hydrogen (secondary N) is 3. The molecule has 282 valence electrons. The summed E-state index contributed by atoms with van der Waals surface area (Å²) in [6.45, 7) is 17.1. The summed E-state index contributed by atoms with van der Waals surface area (Å²) < 4.78 is 33.4. The smallest absolute Gasteiger partial charge is 0.320 e. The quantitative estimate of drug-likeness (QED) is 0.332. The Morgan fingerprint density at radius 3 is 2.42 bits per heavy atom. The molecule has 5 saturated heterocycles. The zero-order valence-corrected chi connectivity index (χ0v) is 30.9. The van der Waals surface area contributed by atoms with Gasteiger partial charge >= 0.3 is 6.03 Å². The molecule has 0 aromatic heterocycles. The third-order valence-corrected chi connectivity index (χ3v) is 12.9. The maximum absolute atomic E-state index is 17.0. The van der Waals surface area contributed by atoms with Crippen molar-refractivity contribution >= 4 is 17.8 Å². The molecule has 6 fully saturated rings. The van der Waals surface area contributed by atoms with Crippen LogP contribution in [0, 0.1) is 23.7 Å². The number of hydrogen-bond donors (Lipinski definition) is 4. The van der Waals surface area contributed by atoms with Gasteiger partial charge in [-0.2, -0.15) is 0 Å². The van der Waals surface area contributed by atoms with E-state index in [1.807, 2.05) is 18.7 Å². The van der Waals surface area contributed by atoms with Crippen LogP contribution in [0.25, 0.3) is 0 Å². The Balaban J connectivity index is 1.43. The monoisotopic (exact) mass is 705 g/mol. The van der Waals surface area contributed by atoms with Gasteiger partial charge in [0.05, 0.1) is 18.4 Å². The molecule has 5 heterocycles. The van der Waals surface area contributed by atoms with E-state index < -0.39 is 54.2 Å². The first-order chi connectivity index (χ1) is 23.6. The number of fused-ring (bicyclic) bond motifs is 5. The number of halogens is 2. The summed E-state index contributed by atoms with van der Waals surface area (Å²) in [5.41, 5.74) is -1.65. The number of carbonyl (C=O) groups is 3. The Hall–Kier alpha value is -2.35. The molecule has 11 unspecified atom stereocenters. The second kappa shape index (κ2) is 14.6. The number of urea groups is 1. The van der Waals surface area contributed by atoms with Gasteiger partial charge in [0.2, 0.25) is 5.91 Å². The second-order valence-electron chi connectivity index (χ2n) is 17.0. The highest BCUT2D eigenvalue weighted by molar-refractivity contribution is 5.87. The van der Waals surface area contributed by atoms with Crippen molar-refractivity contribution in [1.29, 1.82) is 0 Å². The van der Waals surface area contributed by atoms with Crippen LogP contribution in [0.4, 0.5) is 13.6 Å². The fraction of sp³-hybridized carbons (Fsp3) is 0.865. The topological polar surface area (TPSA) is 120 Å². The average Bonchev–Trinajstić information content (AvgIpc) is 3.06. The van der Waals surface area contributed by atoms with Crippen LogP contribution < -0.4 is 16.0 Å². The first-order valence-electron chi connectivity index (χ1n) is 19.2. The number of piperidine rings is 2. The van der Waals surface area contributed by atoms with Gasteiger partial charge in [0.15, 0.2) is 0 Å². The minimum Gasteiger partial charge on any atom is -0.381 e. The molecule has 6 rings (SSSR count). The number of amides is 4. The van der Waals surface area contributed by atoms with E-state index in [2.05, 4.69) is 41.3 Å². The highest BCUT2D eigenvalue weighted by Gasteiger charge is 2.58. The van der Waals surface area contributed by atoms with Gasteiger partial charge in [-0.25, -0.2) is 13.6 Å². The molecular weight excluding hydrogens is 644 g/mol. The van der Waals surface area contributed by atoms with E-state index in [9.17, 15) is 19.5 Å². The van der Waals surface area contributed by atoms with Gasteiger partial charge in [-0.05, 0) is 97.1 Å². The number of nitrogens with zero attached hydrogens (tertiary/aromatic N) is 4. The number of carbonyl (C=O) groups excluding carboxylic acids is 3. The summed E-state index contributed by atoms with van der Waals surface area (Å²) in [5.74, 6) is -1.44. The molecule has 2 bridgehead atoms. The van der Waals surface area contributed by atoms with E-state index in [4.69, 9.17) is 0 Å². The molecule has 5 aliphatic heterocycles. The van der Waals surface area contributed by atoms with Crippen molar-refractivity contribution in [3.8, 4) is 0 Å². The molecule has 4 amide bonds. The molecule has 0 spiro atoms. The zero-order valence-electron chi connectivity index (χ0n) is 30.9. The highest BCUT2D eigenvalue weighted by atomic mass is 19.1. The molecule has 4 N–H and O–H groups in total. The van der Waals surface area contributed by atoms with Crippen LogP contribution in [0.2, 0.25) is 0 Å². The Bertz CT molecular complexity index is 1280. The lowest BCUT2D eigenvalue weighted by Crippen LogP contribution is -2.80. The molecule has 0 aromatic rings. The standard InChI is InChI=1S/C37H61F2N7O4/c1-8-28(47)44-18-22(5)45(19-21(44)4)33-24-17-26(39)31-29-25(38)12-9-13-27(29)43(35(48)37(6,7)50)16-10-11-23-14-15-40-30(20(2)3)32(23)46(34(24)41-31)36(49)42-33/h8,20-27,29-34,40-41,50H,1,9-19H2,2-7H3,(H,42,49)/t21-,22+,23?,24?,25?,26?,27?,29?,30?,31?,32?,33?,34?/m1/s1. The number of aliphatic hydroxyl groups is 1. The van der Waals surface area contributed by atoms with Gasteiger partial charge in [0.25, 0.3) is 5.91 Å². The molecule has 1 aliphatic carbocycles. The molecule has 13 heteroatoms. The van der Waals surface area contributed by atoms with Crippen molar-refractivity contribution in [3.05, 3.63) is 12.7 Å². The SMILES string of the molecule is C=CC(=O)N1C[C@H](C)N(C2NC(=O)N3C4NC(C(F)CC42)C2C(F)CCCC2N(C(=O)C(C)(C)O)CCCC2CCNC(C(C)C)C23)C[C@H]1C. The lowest BCUT2D eigenvalue weighted by Gasteiger charge is -2.61. The van der Waals surface area contributed by atoms with Crippen molar-refractivity contribution in [2.45, 2.75) is 153 Å². The van der Waals surface area contributed by atoms with E-state index in [1.165, 1.54) is 19.9 Å². The molecule has 1 saturated carbocycles. The number of piperazine rings is 1. The van der Waals surface area contributed by atoms with Gasteiger partial charge in [0, 0.05) is 61.7 Å². The summed E-state index contributed by atoms with van der Waals surface area (Å²) in [6, 6.07) is -2.17. The van der Waals surface area contributed by atoms with Gasteiger partial charge in [-0.1, -0.05) is 20.4 Å². The first kappa shape index (κ1) is 37.4. The lowest BCUT2D eigenvalue weighted by molar-refractivity contribution is -0.156. The summed E-state index contributed by atoms with van der Waals surface area (Å²) in [6.07, 6.45) is 1.25. The predicted octanol–water partition coefficient (Wildman–Crippen LogP) is 2.99. The molecular formula is C37H61F2N7O4. The number of alkyl halides is 2. The van der Waals surface area contributed by atoms with Crippen LogP contribution in [-0.4, -0.2) is 135 Å². The Morgan fingerprint density at radius 2 is 1.74 bits per heavy atom. The van der Waals surface area contributed by atoms with Crippen LogP contribution in [0.5, 0.6) is 0 Å². The van der Waals surface area contributed by atoms with Crippen LogP contribution >= 0.6 is 0 Å². The Labute approximate surface area is 296 Å². The van der Waals surface area contributed by atoms with Crippen molar-refractivity contribution in [2.75, 3.05) is 26.2 Å². The molecule has 13 atom stereocenters. The van der Waals surface area contributed by atoms with E-state index in [0.717, 1.165) is 19.4 Å². The molecule has 11 nitrogen and oxygen atoms in total. The fourth-order valence-corrected chi connectivity index (χ4v) is 10.6. The van der Waals surface area contributed by atoms with Gasteiger partial charge in [0.1, 0.15) is 17.9 Å². The van der Waals surface area contributed by atoms with Crippen molar-refractivity contribution < 1.29 is 28.3 Å². The van der Waals surface area contributed by atoms with Crippen LogP contribution in [-0.2, 0) is 9.59 Å². The summed E-state index contributed by atoms with van der Waals surface area (Å²) in [7, 11) is 0. The lowest BCUT2D eigenvalue weighted by atomic mass is 9.70. The van der Waals surface area contributed by atoms with Gasteiger partial charge in [-0.15, -0.1) is 0 Å². The number of rotatable bonds is 4. The van der Waals surface area contributed by atoms with Gasteiger partial charge < -0.3 is 30.4 Å². The minimum absolute atomic E-state index is 0.0131. The van der Waals surface area contributed by atoms with E-state index in [1.54, 1.807) is 9.80 Å². The molecule has 6 aliphatic rings. The van der Waals surface area contributed by atoms with Crippen LogP contribution in [0.3, 0.4) is 0 Å². The summed E-state index contributed by atoms with van der Waals surface area (Å²) in [5, 5.41) is 21.6. The van der Waals surface area contributed by atoms with Crippen molar-refractivity contribution in [1.82, 2.24) is 35.6 Å². The normalized spacial score (nSPS) is 41.7. The van der Waals surface area contributed by atoms with E-state index in [-0.39, 0.29) is 66.7 Å². The first-order valence-corrected chi connectivity index (χ1v) is 19.2. The van der Waals surface area contributed by atoms with E-state index in [0.29, 0.717) is 38.9 Å². The molecule has 50 heavy (non-hydrogen) atoms. The highest BCUT2D eigenvalue weighted by Crippen LogP contribution is 2.44. The summed E-state index contributed by atoms with van der Waals surface area (Å²) in [4.78, 5) is 48.9. The number of hydrogen-bond acceptors (Lipinski definition) is 7. The van der Waals surface area contributed by atoms with Crippen LogP contribution in [0.15, 0.2) is 12.7 Å². The average molecular weight is 706 g/mol. The third-order valence-electron chi connectivity index (χ3n) is 12.9. The summed E-state index contributed by atoms with van der Waals surface area (Å²) >= 11 is 0. The van der Waals surface area contributed by atoms with Crippen molar-refractivity contribution in [2.24, 2.45) is 23.7 Å². The predicted molar refractivity (Wildman–Crippen MR) is 187 cm³/mol. The minimum atomic E-state index is -1.65. The third kappa shape index (κ3) is 6.80. The van der Waals surface area contributed by atoms with Crippen molar-refractivity contribution in [3.63, 3.8) is 0 Å². The second-order valence-corrected chi connectivity index (χ2v) is 17.0. The fourth-order valence-electron chi connectivity index (χ4n) is 10.6. The maximum Gasteiger partial charge on any atom is 0.320 e. The molecule has 0 aromatic carbocycles. The van der Waals surface area contributed by atoms with Gasteiger partial charge in [-0.3, -0.25) is 19.8 Å². The zero-order chi connectivity index (χ0) is 36.2. The Morgan fingerprint density at radius 1 is 1.00 bits per heavy atom. The maximum atomic E-state index is 17.0. The van der Waals surface area contributed by atoms with Crippen LogP contribution in [0.1, 0.15) is 86.5 Å². The largest absolute Gasteiger partial charge is 0.381 e. The molecule has 0 radical (unpaired) electrons. The Kier molecular flexibility index (Phi) is 10.9. The van der Waals surface area contributed by atoms with E-state index >= 15 is 8.78 Å².